The second kappa shape index (κ2) is 10.1. The molecule has 0 bridgehead atoms. The third-order valence-electron chi connectivity index (χ3n) is 5.05. The number of para-hydroxylation sites is 1. The molecule has 0 saturated carbocycles. The molecule has 6 nitrogen and oxygen atoms in total. The number of esters is 1. The molecule has 0 fully saturated rings. The van der Waals surface area contributed by atoms with E-state index in [0.717, 1.165) is 22.7 Å². The van der Waals surface area contributed by atoms with Crippen molar-refractivity contribution in [1.29, 1.82) is 0 Å². The zero-order valence-corrected chi connectivity index (χ0v) is 18.1. The Hall–Kier alpha value is -2.12. The number of benzene rings is 1. The van der Waals surface area contributed by atoms with Crippen molar-refractivity contribution in [2.75, 3.05) is 0 Å². The number of aliphatic hydroxyl groups excluding tert-OH is 1. The highest BCUT2D eigenvalue weighted by Crippen LogP contribution is 2.25. The number of carbonyl (C=O) groups is 2. The van der Waals surface area contributed by atoms with Gasteiger partial charge in [-0.25, -0.2) is 0 Å². The lowest BCUT2D eigenvalue weighted by atomic mass is 9.84. The van der Waals surface area contributed by atoms with Crippen LogP contribution in [0.4, 0.5) is 0 Å². The third-order valence-corrected chi connectivity index (χ3v) is 5.05. The zero-order chi connectivity index (χ0) is 21.6. The van der Waals surface area contributed by atoms with Gasteiger partial charge in [0.25, 0.3) is 7.41 Å². The SMILES string of the molecule is CC(C)C(C[C@H](O)[C@H](Cc1c[nH]c2ccccc12)NBC=O)C(=O)OC(C)(C)C. The smallest absolute Gasteiger partial charge is 0.309 e. The van der Waals surface area contributed by atoms with E-state index in [1.807, 2.05) is 65.1 Å². The molecule has 158 valence electrons. The lowest BCUT2D eigenvalue weighted by Gasteiger charge is -2.30. The molecule has 3 atom stereocenters. The first-order valence-electron chi connectivity index (χ1n) is 10.2. The number of aromatic nitrogens is 1. The van der Waals surface area contributed by atoms with Gasteiger partial charge in [-0.2, -0.15) is 0 Å². The van der Waals surface area contributed by atoms with Gasteiger partial charge >= 0.3 is 5.97 Å². The van der Waals surface area contributed by atoms with Crippen molar-refractivity contribution >= 4 is 30.5 Å². The summed E-state index contributed by atoms with van der Waals surface area (Å²) in [6.07, 6.45) is 2.72. The number of fused-ring (bicyclic) bond motifs is 1. The first kappa shape index (κ1) is 23.2. The molecule has 1 unspecified atom stereocenters. The molecule has 2 rings (SSSR count). The van der Waals surface area contributed by atoms with Crippen molar-refractivity contribution < 1.29 is 19.4 Å². The summed E-state index contributed by atoms with van der Waals surface area (Å²) in [6.45, 7) is 9.42. The summed E-state index contributed by atoms with van der Waals surface area (Å²) in [6, 6.07) is 7.61. The van der Waals surface area contributed by atoms with Gasteiger partial charge in [0.2, 0.25) is 0 Å². The van der Waals surface area contributed by atoms with Crippen molar-refractivity contribution in [2.45, 2.75) is 65.2 Å². The topological polar surface area (TPSA) is 91.4 Å². The van der Waals surface area contributed by atoms with Gasteiger partial charge in [0.1, 0.15) is 5.60 Å². The summed E-state index contributed by atoms with van der Waals surface area (Å²) < 4.78 is 5.55. The zero-order valence-electron chi connectivity index (χ0n) is 18.1. The van der Waals surface area contributed by atoms with Crippen LogP contribution >= 0.6 is 0 Å². The molecular formula is C22H33BN2O4. The minimum atomic E-state index is -0.802. The molecule has 0 radical (unpaired) electrons. The van der Waals surface area contributed by atoms with Crippen molar-refractivity contribution in [2.24, 2.45) is 11.8 Å². The van der Waals surface area contributed by atoms with Crippen LogP contribution in [0.5, 0.6) is 0 Å². The number of aliphatic hydroxyl groups is 1. The Bertz CT molecular complexity index is 812. The van der Waals surface area contributed by atoms with Gasteiger partial charge in [0.05, 0.1) is 18.2 Å². The average molecular weight is 400 g/mol. The number of nitrogens with one attached hydrogen (secondary N) is 2. The number of aromatic amines is 1. The molecule has 0 aliphatic rings. The van der Waals surface area contributed by atoms with Crippen LogP contribution in [0.1, 0.15) is 46.6 Å². The minimum absolute atomic E-state index is 0.0271. The highest BCUT2D eigenvalue weighted by Gasteiger charge is 2.32. The maximum Gasteiger partial charge on any atom is 0.309 e. The summed E-state index contributed by atoms with van der Waals surface area (Å²) in [5, 5.41) is 15.2. The van der Waals surface area contributed by atoms with E-state index in [9.17, 15) is 14.7 Å². The monoisotopic (exact) mass is 400 g/mol. The number of hydrogen-bond donors (Lipinski definition) is 3. The maximum absolute atomic E-state index is 12.6. The molecule has 0 aliphatic carbocycles. The van der Waals surface area contributed by atoms with Gasteiger partial charge in [-0.3, -0.25) is 4.79 Å². The lowest BCUT2D eigenvalue weighted by Crippen LogP contribution is -2.46. The molecule has 0 amide bonds. The van der Waals surface area contributed by atoms with E-state index < -0.39 is 17.6 Å². The first-order chi connectivity index (χ1) is 13.6. The van der Waals surface area contributed by atoms with Crippen molar-refractivity contribution in [1.82, 2.24) is 10.2 Å². The van der Waals surface area contributed by atoms with Gasteiger partial charge < -0.3 is 24.8 Å². The molecule has 0 spiro atoms. The fraction of sp³-hybridized carbons (Fsp3) is 0.545. The van der Waals surface area contributed by atoms with Crippen LogP contribution in [0.2, 0.25) is 0 Å². The molecule has 1 heterocycles. The van der Waals surface area contributed by atoms with E-state index in [2.05, 4.69) is 10.2 Å². The van der Waals surface area contributed by atoms with Crippen LogP contribution in [-0.4, -0.2) is 47.4 Å². The molecular weight excluding hydrogens is 367 g/mol. The summed E-state index contributed by atoms with van der Waals surface area (Å²) in [5.41, 5.74) is 1.51. The third kappa shape index (κ3) is 6.72. The lowest BCUT2D eigenvalue weighted by molar-refractivity contribution is -0.163. The molecule has 0 saturated heterocycles. The van der Waals surface area contributed by atoms with Crippen molar-refractivity contribution in [3.63, 3.8) is 0 Å². The largest absolute Gasteiger partial charge is 0.460 e. The molecule has 0 aliphatic heterocycles. The summed E-state index contributed by atoms with van der Waals surface area (Å²) >= 11 is 0. The number of H-pyrrole nitrogens is 1. The predicted octanol–water partition coefficient (Wildman–Crippen LogP) is 2.58. The van der Waals surface area contributed by atoms with Crippen LogP contribution in [0.15, 0.2) is 30.5 Å². The van der Waals surface area contributed by atoms with Crippen LogP contribution in [0.3, 0.4) is 0 Å². The van der Waals surface area contributed by atoms with Crippen molar-refractivity contribution in [3.8, 4) is 0 Å². The Morgan fingerprint density at radius 3 is 2.62 bits per heavy atom. The Balaban J connectivity index is 2.17. The first-order valence-corrected chi connectivity index (χ1v) is 10.2. The average Bonchev–Trinajstić information content (AvgIpc) is 3.04. The molecule has 1 aromatic heterocycles. The van der Waals surface area contributed by atoms with Gasteiger partial charge in [-0.15, -0.1) is 0 Å². The second-order valence-corrected chi connectivity index (χ2v) is 8.93. The second-order valence-electron chi connectivity index (χ2n) is 8.93. The summed E-state index contributed by atoms with van der Waals surface area (Å²) in [5.74, 6) is -0.695. The minimum Gasteiger partial charge on any atom is -0.460 e. The van der Waals surface area contributed by atoms with E-state index >= 15 is 0 Å². The summed E-state index contributed by atoms with van der Waals surface area (Å²) in [7, 11) is 0.142. The van der Waals surface area contributed by atoms with E-state index in [-0.39, 0.29) is 31.8 Å². The number of ether oxygens (including phenoxy) is 1. The quantitative estimate of drug-likeness (QED) is 0.324. The number of rotatable bonds is 10. The molecule has 3 N–H and O–H groups in total. The fourth-order valence-electron chi connectivity index (χ4n) is 3.52. The maximum atomic E-state index is 12.6. The molecule has 1 aromatic carbocycles. The van der Waals surface area contributed by atoms with Gasteiger partial charge in [0.15, 0.2) is 0 Å². The van der Waals surface area contributed by atoms with Crippen LogP contribution in [0, 0.1) is 11.8 Å². The fourth-order valence-corrected chi connectivity index (χ4v) is 3.52. The van der Waals surface area contributed by atoms with E-state index in [1.54, 1.807) is 0 Å². The Kier molecular flexibility index (Phi) is 8.05. The number of hydrogen-bond acceptors (Lipinski definition) is 5. The van der Waals surface area contributed by atoms with E-state index in [1.165, 1.54) is 0 Å². The van der Waals surface area contributed by atoms with Crippen LogP contribution < -0.4 is 5.23 Å². The Morgan fingerprint density at radius 1 is 1.31 bits per heavy atom. The highest BCUT2D eigenvalue weighted by atomic mass is 16.6. The Morgan fingerprint density at radius 2 is 2.00 bits per heavy atom. The molecule has 29 heavy (non-hydrogen) atoms. The molecule has 2 aromatic rings. The van der Waals surface area contributed by atoms with Crippen LogP contribution in [0.25, 0.3) is 10.9 Å². The van der Waals surface area contributed by atoms with E-state index in [4.69, 9.17) is 4.74 Å². The Labute approximate surface area is 173 Å². The number of carbonyl (C=O) groups excluding carboxylic acids is 2. The molecule has 7 heteroatoms. The highest BCUT2D eigenvalue weighted by molar-refractivity contribution is 6.64. The van der Waals surface area contributed by atoms with Gasteiger partial charge in [-0.1, -0.05) is 32.0 Å². The van der Waals surface area contributed by atoms with Crippen molar-refractivity contribution in [3.05, 3.63) is 36.0 Å². The van der Waals surface area contributed by atoms with Crippen LogP contribution in [-0.2, 0) is 20.7 Å². The normalized spacial score (nSPS) is 15.1. The van der Waals surface area contributed by atoms with Gasteiger partial charge in [0, 0.05) is 23.1 Å². The predicted molar refractivity (Wildman–Crippen MR) is 118 cm³/mol. The standard InChI is InChI=1S/C22H33BN2O4/c1-14(2)17(21(28)29-22(3,4)5)11-20(27)19(25-23-13-26)10-15-12-24-18-9-7-6-8-16(15)18/h6-9,12-14,17,19-20,23-25,27H,10-11H2,1-5H3/t17?,19-,20-/m0/s1. The summed E-state index contributed by atoms with van der Waals surface area (Å²) in [4.78, 5) is 26.8. The van der Waals surface area contributed by atoms with Gasteiger partial charge in [-0.05, 0) is 51.2 Å². The van der Waals surface area contributed by atoms with E-state index in [0.29, 0.717) is 6.42 Å².